The van der Waals surface area contributed by atoms with E-state index in [4.69, 9.17) is 11.6 Å². The average molecular weight is 398 g/mol. The van der Waals surface area contributed by atoms with Gasteiger partial charge >= 0.3 is 6.18 Å². The van der Waals surface area contributed by atoms with E-state index < -0.39 is 11.9 Å². The minimum atomic E-state index is -4.53. The lowest BCUT2D eigenvalue weighted by Crippen LogP contribution is -2.09. The van der Waals surface area contributed by atoms with Crippen LogP contribution in [0.15, 0.2) is 59.2 Å². The summed E-state index contributed by atoms with van der Waals surface area (Å²) in [5, 5.41) is 16.3. The van der Waals surface area contributed by atoms with E-state index >= 15 is 0 Å². The molecule has 0 aliphatic carbocycles. The van der Waals surface area contributed by atoms with Crippen molar-refractivity contribution >= 4 is 23.4 Å². The summed E-state index contributed by atoms with van der Waals surface area (Å²) >= 11 is 7.08. The highest BCUT2D eigenvalue weighted by molar-refractivity contribution is 7.99. The molecule has 0 unspecified atom stereocenters. The lowest BCUT2D eigenvalue weighted by Gasteiger charge is -2.08. The van der Waals surface area contributed by atoms with Crippen LogP contribution in [0.2, 0.25) is 5.02 Å². The zero-order chi connectivity index (χ0) is 18.7. The maximum absolute atomic E-state index is 12.6. The van der Waals surface area contributed by atoms with Crippen molar-refractivity contribution in [1.29, 1.82) is 0 Å². The largest absolute Gasteiger partial charge is 0.435 e. The third-order valence-corrected chi connectivity index (χ3v) is 4.38. The first-order chi connectivity index (χ1) is 12.4. The molecular weight excluding hydrogens is 387 g/mol. The van der Waals surface area contributed by atoms with Crippen molar-refractivity contribution in [2.45, 2.75) is 22.9 Å². The minimum absolute atomic E-state index is 0.272. The number of alkyl halides is 3. The zero-order valence-corrected chi connectivity index (χ0v) is 14.7. The molecule has 0 aliphatic rings. The van der Waals surface area contributed by atoms with Gasteiger partial charge in [-0.05, 0) is 36.0 Å². The smallest absolute Gasteiger partial charge is 0.298 e. The van der Waals surface area contributed by atoms with Crippen molar-refractivity contribution in [2.24, 2.45) is 0 Å². The van der Waals surface area contributed by atoms with Gasteiger partial charge in [-0.2, -0.15) is 13.2 Å². The summed E-state index contributed by atoms with van der Waals surface area (Å²) in [6, 6.07) is 9.23. The second-order valence-corrected chi connectivity index (χ2v) is 6.50. The van der Waals surface area contributed by atoms with Crippen LogP contribution in [0.5, 0.6) is 0 Å². The fraction of sp³-hybridized carbons (Fsp3) is 0.125. The first-order valence-electron chi connectivity index (χ1n) is 7.27. The van der Waals surface area contributed by atoms with Gasteiger partial charge in [0.25, 0.3) is 0 Å². The van der Waals surface area contributed by atoms with E-state index in [1.807, 2.05) is 6.07 Å². The molecule has 3 rings (SSSR count). The van der Waals surface area contributed by atoms with Crippen molar-refractivity contribution in [1.82, 2.24) is 25.0 Å². The summed E-state index contributed by atoms with van der Waals surface area (Å²) in [5.41, 5.74) is -0.286. The number of allylic oxidation sites excluding steroid dienone is 1. The van der Waals surface area contributed by atoms with Crippen molar-refractivity contribution in [3.8, 4) is 11.4 Å². The Hall–Kier alpha value is -2.39. The van der Waals surface area contributed by atoms with E-state index in [9.17, 15) is 13.2 Å². The van der Waals surface area contributed by atoms with E-state index in [0.717, 1.165) is 23.4 Å². The molecular formula is C16H11ClF3N5S. The second-order valence-electron chi connectivity index (χ2n) is 5.07. The Morgan fingerprint density at radius 1 is 1.12 bits per heavy atom. The van der Waals surface area contributed by atoms with Gasteiger partial charge in [-0.15, -0.1) is 27.0 Å². The predicted molar refractivity (Wildman–Crippen MR) is 91.8 cm³/mol. The van der Waals surface area contributed by atoms with Crippen molar-refractivity contribution in [3.05, 3.63) is 59.8 Å². The summed E-state index contributed by atoms with van der Waals surface area (Å²) in [6.45, 7) is 4.12. The molecule has 2 heterocycles. The molecule has 0 atom stereocenters. The van der Waals surface area contributed by atoms with Crippen LogP contribution in [0.4, 0.5) is 13.2 Å². The number of hydrogen-bond donors (Lipinski definition) is 0. The summed E-state index contributed by atoms with van der Waals surface area (Å²) in [7, 11) is 0. The monoisotopic (exact) mass is 397 g/mol. The molecule has 0 spiro atoms. The number of rotatable bonds is 5. The zero-order valence-electron chi connectivity index (χ0n) is 13.1. The number of hydrogen-bond acceptors (Lipinski definition) is 5. The molecule has 5 nitrogen and oxygen atoms in total. The highest BCUT2D eigenvalue weighted by Gasteiger charge is 2.33. The Morgan fingerprint density at radius 3 is 2.54 bits per heavy atom. The third kappa shape index (κ3) is 4.05. The standard InChI is InChI=1S/C16H11ClF3N5S/c1-2-8-25-14(10-4-3-5-11(17)9-10)23-24-15(25)26-13-7-6-12(21-22-13)16(18,19)20/h2-7,9H,1,8H2. The molecule has 0 N–H and O–H groups in total. The van der Waals surface area contributed by atoms with Gasteiger partial charge in [0, 0.05) is 17.1 Å². The predicted octanol–water partition coefficient (Wildman–Crippen LogP) is 4.74. The van der Waals surface area contributed by atoms with Gasteiger partial charge in [-0.3, -0.25) is 4.57 Å². The Balaban J connectivity index is 1.92. The van der Waals surface area contributed by atoms with E-state index in [1.54, 1.807) is 28.8 Å². The van der Waals surface area contributed by atoms with Crippen molar-refractivity contribution in [2.75, 3.05) is 0 Å². The van der Waals surface area contributed by atoms with Crippen LogP contribution in [0.25, 0.3) is 11.4 Å². The van der Waals surface area contributed by atoms with Crippen molar-refractivity contribution in [3.63, 3.8) is 0 Å². The van der Waals surface area contributed by atoms with Crippen molar-refractivity contribution < 1.29 is 13.2 Å². The van der Waals surface area contributed by atoms with E-state index in [-0.39, 0.29) is 5.03 Å². The molecule has 0 radical (unpaired) electrons. The van der Waals surface area contributed by atoms with Crippen LogP contribution in [0.3, 0.4) is 0 Å². The van der Waals surface area contributed by atoms with Crippen LogP contribution in [0.1, 0.15) is 5.69 Å². The van der Waals surface area contributed by atoms with Gasteiger partial charge in [-0.1, -0.05) is 29.8 Å². The Labute approximate surface area is 155 Å². The molecule has 0 saturated carbocycles. The molecule has 0 bridgehead atoms. The fourth-order valence-corrected chi connectivity index (χ4v) is 3.07. The van der Waals surface area contributed by atoms with Crippen LogP contribution in [-0.4, -0.2) is 25.0 Å². The van der Waals surface area contributed by atoms with Gasteiger partial charge < -0.3 is 0 Å². The lowest BCUT2D eigenvalue weighted by atomic mass is 10.2. The average Bonchev–Trinajstić information content (AvgIpc) is 2.98. The number of halogens is 4. The van der Waals surface area contributed by atoms with Crippen LogP contribution in [0, 0.1) is 0 Å². The third-order valence-electron chi connectivity index (χ3n) is 3.24. The topological polar surface area (TPSA) is 56.5 Å². The molecule has 2 aromatic heterocycles. The van der Waals surface area contributed by atoms with Gasteiger partial charge in [-0.25, -0.2) is 0 Å². The number of benzene rings is 1. The molecule has 10 heteroatoms. The first-order valence-corrected chi connectivity index (χ1v) is 8.47. The molecule has 26 heavy (non-hydrogen) atoms. The van der Waals surface area contributed by atoms with E-state index in [0.29, 0.717) is 22.5 Å². The molecule has 0 saturated heterocycles. The minimum Gasteiger partial charge on any atom is -0.298 e. The SMILES string of the molecule is C=CCn1c(Sc2ccc(C(F)(F)F)nn2)nnc1-c1cccc(Cl)c1. The molecule has 3 aromatic rings. The van der Waals surface area contributed by atoms with Gasteiger partial charge in [0.15, 0.2) is 16.7 Å². The molecule has 0 amide bonds. The van der Waals surface area contributed by atoms with E-state index in [2.05, 4.69) is 27.0 Å². The summed E-state index contributed by atoms with van der Waals surface area (Å²) in [6.07, 6.45) is -2.86. The van der Waals surface area contributed by atoms with Crippen LogP contribution < -0.4 is 0 Å². The quantitative estimate of drug-likeness (QED) is 0.582. The summed E-state index contributed by atoms with van der Waals surface area (Å²) < 4.78 is 39.5. The highest BCUT2D eigenvalue weighted by Crippen LogP contribution is 2.31. The maximum atomic E-state index is 12.6. The van der Waals surface area contributed by atoms with Crippen LogP contribution in [-0.2, 0) is 12.7 Å². The Bertz CT molecular complexity index is 924. The summed E-state index contributed by atoms with van der Waals surface area (Å²) in [4.78, 5) is 0. The molecule has 0 aliphatic heterocycles. The number of aromatic nitrogens is 5. The summed E-state index contributed by atoms with van der Waals surface area (Å²) in [5.74, 6) is 0.565. The van der Waals surface area contributed by atoms with Gasteiger partial charge in [0.05, 0.1) is 0 Å². The normalized spacial score (nSPS) is 11.5. The molecule has 1 aromatic carbocycles. The Morgan fingerprint density at radius 2 is 1.92 bits per heavy atom. The second kappa shape index (κ2) is 7.46. The number of nitrogens with zero attached hydrogens (tertiary/aromatic N) is 5. The van der Waals surface area contributed by atoms with E-state index in [1.165, 1.54) is 6.07 Å². The molecule has 0 fully saturated rings. The lowest BCUT2D eigenvalue weighted by molar-refractivity contribution is -0.141. The highest BCUT2D eigenvalue weighted by atomic mass is 35.5. The maximum Gasteiger partial charge on any atom is 0.435 e. The molecule has 134 valence electrons. The van der Waals surface area contributed by atoms with Gasteiger partial charge in [0.2, 0.25) is 0 Å². The fourth-order valence-electron chi connectivity index (χ4n) is 2.12. The Kier molecular flexibility index (Phi) is 5.28. The van der Waals surface area contributed by atoms with Crippen LogP contribution >= 0.6 is 23.4 Å². The van der Waals surface area contributed by atoms with Gasteiger partial charge in [0.1, 0.15) is 5.03 Å². The first kappa shape index (κ1) is 18.4.